The quantitative estimate of drug-likeness (QED) is 0.715. The highest BCUT2D eigenvalue weighted by atomic mass is 16.3. The van der Waals surface area contributed by atoms with Crippen LogP contribution >= 0.6 is 0 Å². The van der Waals surface area contributed by atoms with E-state index in [0.717, 1.165) is 36.3 Å². The minimum absolute atomic E-state index is 0.234. The van der Waals surface area contributed by atoms with Gasteiger partial charge in [-0.25, -0.2) is 0 Å². The van der Waals surface area contributed by atoms with E-state index in [4.69, 9.17) is 4.42 Å². The summed E-state index contributed by atoms with van der Waals surface area (Å²) in [5, 5.41) is 0. The molecule has 2 rings (SSSR count). The molecular weight excluding hydrogens is 200 g/mol. The number of unbranched alkanes of at least 4 members (excludes halogenated alkanes) is 2. The van der Waals surface area contributed by atoms with E-state index in [-0.39, 0.29) is 5.78 Å². The van der Waals surface area contributed by atoms with Gasteiger partial charge in [0.15, 0.2) is 5.78 Å². The maximum absolute atomic E-state index is 11.6. The minimum atomic E-state index is 0.234. The zero-order valence-corrected chi connectivity index (χ0v) is 9.79. The normalized spacial score (nSPS) is 15.7. The van der Waals surface area contributed by atoms with Crippen LogP contribution in [0.3, 0.4) is 0 Å². The molecule has 16 heavy (non-hydrogen) atoms. The molecule has 0 amide bonds. The molecule has 0 aliphatic heterocycles. The lowest BCUT2D eigenvalue weighted by Crippen LogP contribution is -2.07. The van der Waals surface area contributed by atoms with E-state index in [1.54, 1.807) is 0 Å². The summed E-state index contributed by atoms with van der Waals surface area (Å²) in [5.41, 5.74) is 0.807. The average molecular weight is 218 g/mol. The molecule has 1 aromatic rings. The van der Waals surface area contributed by atoms with Crippen molar-refractivity contribution in [2.45, 2.75) is 45.4 Å². The van der Waals surface area contributed by atoms with Gasteiger partial charge < -0.3 is 4.42 Å². The van der Waals surface area contributed by atoms with Crippen molar-refractivity contribution in [1.29, 1.82) is 0 Å². The second-order valence-corrected chi connectivity index (χ2v) is 4.31. The Bertz CT molecular complexity index is 399. The van der Waals surface area contributed by atoms with Crippen LogP contribution in [0.1, 0.15) is 60.9 Å². The van der Waals surface area contributed by atoms with Crippen LogP contribution in [0, 0.1) is 0 Å². The van der Waals surface area contributed by atoms with Crippen molar-refractivity contribution in [2.24, 2.45) is 0 Å². The zero-order valence-electron chi connectivity index (χ0n) is 9.79. The summed E-state index contributed by atoms with van der Waals surface area (Å²) in [4.78, 5) is 11.6. The molecule has 1 aliphatic rings. The maximum atomic E-state index is 11.6. The Labute approximate surface area is 96.3 Å². The van der Waals surface area contributed by atoms with E-state index in [1.807, 2.05) is 12.1 Å². The zero-order chi connectivity index (χ0) is 11.4. The minimum Gasteiger partial charge on any atom is -0.461 e. The van der Waals surface area contributed by atoms with E-state index < -0.39 is 0 Å². The third-order valence-corrected chi connectivity index (χ3v) is 2.94. The predicted octanol–water partition coefficient (Wildman–Crippen LogP) is 4.00. The van der Waals surface area contributed by atoms with Crippen LogP contribution in [0.5, 0.6) is 0 Å². The van der Waals surface area contributed by atoms with Crippen molar-refractivity contribution in [3.05, 3.63) is 29.2 Å². The van der Waals surface area contributed by atoms with Gasteiger partial charge in [-0.1, -0.05) is 25.8 Å². The van der Waals surface area contributed by atoms with Crippen molar-refractivity contribution >= 4 is 11.9 Å². The van der Waals surface area contributed by atoms with Crippen molar-refractivity contribution in [1.82, 2.24) is 0 Å². The van der Waals surface area contributed by atoms with Gasteiger partial charge in [-0.15, -0.1) is 0 Å². The fraction of sp³-hybridized carbons (Fsp3) is 0.500. The molecule has 0 unspecified atom stereocenters. The standard InChI is InChI=1S/C14H18O2/c1-2-3-4-5-7-11-10-12-13(15)8-6-9-14(12)16-11/h5,7,10H,2-4,6,8-9H2,1H3/b7-5+. The second kappa shape index (κ2) is 5.15. The van der Waals surface area contributed by atoms with Crippen LogP contribution in [0.4, 0.5) is 0 Å². The first-order valence-electron chi connectivity index (χ1n) is 6.13. The van der Waals surface area contributed by atoms with Crippen LogP contribution in [0.2, 0.25) is 0 Å². The number of hydrogen-bond donors (Lipinski definition) is 0. The van der Waals surface area contributed by atoms with Crippen LogP contribution in [-0.4, -0.2) is 5.78 Å². The Hall–Kier alpha value is -1.31. The SMILES string of the molecule is CCCC/C=C/c1cc2c(o1)CCCC2=O. The Balaban J connectivity index is 2.06. The third-order valence-electron chi connectivity index (χ3n) is 2.94. The summed E-state index contributed by atoms with van der Waals surface area (Å²) in [6, 6.07) is 1.89. The number of furan rings is 1. The van der Waals surface area contributed by atoms with Crippen LogP contribution < -0.4 is 0 Å². The molecule has 1 aliphatic carbocycles. The predicted molar refractivity (Wildman–Crippen MR) is 64.5 cm³/mol. The second-order valence-electron chi connectivity index (χ2n) is 4.31. The number of carbonyl (C=O) groups is 1. The monoisotopic (exact) mass is 218 g/mol. The fourth-order valence-corrected chi connectivity index (χ4v) is 2.02. The van der Waals surface area contributed by atoms with Gasteiger partial charge in [-0.2, -0.15) is 0 Å². The van der Waals surface area contributed by atoms with Crippen molar-refractivity contribution < 1.29 is 9.21 Å². The molecule has 0 saturated carbocycles. The van der Waals surface area contributed by atoms with E-state index in [2.05, 4.69) is 13.0 Å². The van der Waals surface area contributed by atoms with Gasteiger partial charge in [0.05, 0.1) is 5.56 Å². The summed E-state index contributed by atoms with van der Waals surface area (Å²) in [6.45, 7) is 2.18. The first-order chi connectivity index (χ1) is 7.81. The van der Waals surface area contributed by atoms with Gasteiger partial charge in [0.25, 0.3) is 0 Å². The van der Waals surface area contributed by atoms with E-state index in [0.29, 0.717) is 6.42 Å². The molecule has 0 spiro atoms. The molecule has 2 heteroatoms. The molecule has 2 nitrogen and oxygen atoms in total. The smallest absolute Gasteiger partial charge is 0.166 e. The fourth-order valence-electron chi connectivity index (χ4n) is 2.02. The number of allylic oxidation sites excluding steroid dienone is 1. The van der Waals surface area contributed by atoms with E-state index >= 15 is 0 Å². The largest absolute Gasteiger partial charge is 0.461 e. The Morgan fingerprint density at radius 1 is 1.44 bits per heavy atom. The first kappa shape index (κ1) is 11.2. The molecule has 0 atom stereocenters. The number of fused-ring (bicyclic) bond motifs is 1. The number of rotatable bonds is 4. The van der Waals surface area contributed by atoms with Crippen molar-refractivity contribution in [3.8, 4) is 0 Å². The lowest BCUT2D eigenvalue weighted by Gasteiger charge is -2.06. The van der Waals surface area contributed by atoms with E-state index in [9.17, 15) is 4.79 Å². The molecule has 0 saturated heterocycles. The lowest BCUT2D eigenvalue weighted by atomic mass is 9.97. The van der Waals surface area contributed by atoms with Gasteiger partial charge >= 0.3 is 0 Å². The van der Waals surface area contributed by atoms with Gasteiger partial charge in [-0.3, -0.25) is 4.79 Å². The van der Waals surface area contributed by atoms with Gasteiger partial charge in [-0.05, 0) is 25.0 Å². The molecule has 86 valence electrons. The molecule has 0 radical (unpaired) electrons. The summed E-state index contributed by atoms with van der Waals surface area (Å²) < 4.78 is 5.65. The van der Waals surface area contributed by atoms with Crippen molar-refractivity contribution in [2.75, 3.05) is 0 Å². The number of ketones is 1. The van der Waals surface area contributed by atoms with Crippen LogP contribution in [0.25, 0.3) is 6.08 Å². The summed E-state index contributed by atoms with van der Waals surface area (Å²) >= 11 is 0. The van der Waals surface area contributed by atoms with E-state index in [1.165, 1.54) is 12.8 Å². The van der Waals surface area contributed by atoms with Crippen LogP contribution in [0.15, 0.2) is 16.6 Å². The Kier molecular flexibility index (Phi) is 3.60. The number of aryl methyl sites for hydroxylation is 1. The summed E-state index contributed by atoms with van der Waals surface area (Å²) in [5.74, 6) is 1.95. The van der Waals surface area contributed by atoms with Crippen molar-refractivity contribution in [3.63, 3.8) is 0 Å². The van der Waals surface area contributed by atoms with Crippen LogP contribution in [-0.2, 0) is 6.42 Å². The molecule has 1 aromatic heterocycles. The highest BCUT2D eigenvalue weighted by molar-refractivity contribution is 5.98. The van der Waals surface area contributed by atoms with Gasteiger partial charge in [0, 0.05) is 12.8 Å². The molecule has 0 N–H and O–H groups in total. The number of hydrogen-bond acceptors (Lipinski definition) is 2. The lowest BCUT2D eigenvalue weighted by molar-refractivity contribution is 0.0969. The molecule has 1 heterocycles. The Morgan fingerprint density at radius 3 is 3.06 bits per heavy atom. The molecule has 0 fully saturated rings. The Morgan fingerprint density at radius 2 is 2.31 bits per heavy atom. The molecule has 0 aromatic carbocycles. The summed E-state index contributed by atoms with van der Waals surface area (Å²) in [7, 11) is 0. The summed E-state index contributed by atoms with van der Waals surface area (Å²) in [6.07, 6.45) is 10.1. The average Bonchev–Trinajstić information content (AvgIpc) is 2.69. The highest BCUT2D eigenvalue weighted by Crippen LogP contribution is 2.25. The topological polar surface area (TPSA) is 30.2 Å². The first-order valence-corrected chi connectivity index (χ1v) is 6.13. The van der Waals surface area contributed by atoms with Gasteiger partial charge in [0.1, 0.15) is 11.5 Å². The van der Waals surface area contributed by atoms with Gasteiger partial charge in [0.2, 0.25) is 0 Å². The number of carbonyl (C=O) groups excluding carboxylic acids is 1. The highest BCUT2D eigenvalue weighted by Gasteiger charge is 2.20. The molecular formula is C14H18O2. The molecule has 0 bridgehead atoms. The number of Topliss-reactive ketones (excluding diaryl/α,β-unsaturated/α-hetero) is 1. The third kappa shape index (κ3) is 2.43. The maximum Gasteiger partial charge on any atom is 0.166 e.